The standard InChI is InChI=1S/C9H11BrN2O/c10-8-1-7(2-11-3-8)6-13-9-4-12-5-9/h1-3,9,12H,4-6H2. The third kappa shape index (κ3) is 2.49. The predicted octanol–water partition coefficient (Wildman–Crippen LogP) is 1.33. The van der Waals surface area contributed by atoms with Gasteiger partial charge in [0.1, 0.15) is 0 Å². The van der Waals surface area contributed by atoms with Crippen LogP contribution in [0.25, 0.3) is 0 Å². The topological polar surface area (TPSA) is 34.1 Å². The molecule has 4 heteroatoms. The molecule has 70 valence electrons. The summed E-state index contributed by atoms with van der Waals surface area (Å²) in [5.41, 5.74) is 1.11. The Kier molecular flexibility index (Phi) is 2.93. The number of halogens is 1. The minimum Gasteiger partial charge on any atom is -0.371 e. The summed E-state index contributed by atoms with van der Waals surface area (Å²) in [6, 6.07) is 2.03. The minimum atomic E-state index is 0.388. The van der Waals surface area contributed by atoms with Gasteiger partial charge in [-0.25, -0.2) is 0 Å². The Bertz CT molecular complexity index is 289. The van der Waals surface area contributed by atoms with E-state index in [0.717, 1.165) is 23.1 Å². The van der Waals surface area contributed by atoms with Gasteiger partial charge in [-0.15, -0.1) is 0 Å². The van der Waals surface area contributed by atoms with Crippen molar-refractivity contribution in [1.29, 1.82) is 0 Å². The molecule has 0 unspecified atom stereocenters. The number of rotatable bonds is 3. The van der Waals surface area contributed by atoms with Gasteiger partial charge in [0.2, 0.25) is 0 Å². The van der Waals surface area contributed by atoms with Crippen molar-refractivity contribution >= 4 is 15.9 Å². The van der Waals surface area contributed by atoms with Gasteiger partial charge in [-0.05, 0) is 27.6 Å². The molecule has 0 spiro atoms. The SMILES string of the molecule is Brc1cncc(COC2CNC2)c1. The van der Waals surface area contributed by atoms with E-state index in [0.29, 0.717) is 12.7 Å². The summed E-state index contributed by atoms with van der Waals surface area (Å²) in [6.07, 6.45) is 3.99. The largest absolute Gasteiger partial charge is 0.371 e. The van der Waals surface area contributed by atoms with Crippen LogP contribution in [0.3, 0.4) is 0 Å². The molecule has 3 nitrogen and oxygen atoms in total. The highest BCUT2D eigenvalue weighted by molar-refractivity contribution is 9.10. The molecule has 1 aromatic heterocycles. The molecule has 1 aromatic rings. The van der Waals surface area contributed by atoms with E-state index < -0.39 is 0 Å². The van der Waals surface area contributed by atoms with Crippen molar-refractivity contribution in [1.82, 2.24) is 10.3 Å². The summed E-state index contributed by atoms with van der Waals surface area (Å²) in [7, 11) is 0. The highest BCUT2D eigenvalue weighted by atomic mass is 79.9. The van der Waals surface area contributed by atoms with Gasteiger partial charge in [-0.1, -0.05) is 0 Å². The molecule has 0 bridgehead atoms. The fraction of sp³-hybridized carbons (Fsp3) is 0.444. The van der Waals surface area contributed by atoms with Gasteiger partial charge >= 0.3 is 0 Å². The Morgan fingerprint density at radius 1 is 1.54 bits per heavy atom. The Labute approximate surface area is 85.6 Å². The van der Waals surface area contributed by atoms with Crippen molar-refractivity contribution < 1.29 is 4.74 Å². The van der Waals surface area contributed by atoms with Crippen LogP contribution in [0.5, 0.6) is 0 Å². The molecule has 0 amide bonds. The van der Waals surface area contributed by atoms with Crippen LogP contribution < -0.4 is 5.32 Å². The summed E-state index contributed by atoms with van der Waals surface area (Å²) in [4.78, 5) is 4.06. The van der Waals surface area contributed by atoms with Gasteiger partial charge < -0.3 is 10.1 Å². The summed E-state index contributed by atoms with van der Waals surface area (Å²) >= 11 is 3.37. The lowest BCUT2D eigenvalue weighted by Crippen LogP contribution is -2.48. The van der Waals surface area contributed by atoms with E-state index in [1.165, 1.54) is 0 Å². The number of nitrogens with zero attached hydrogens (tertiary/aromatic N) is 1. The van der Waals surface area contributed by atoms with Crippen LogP contribution in [-0.2, 0) is 11.3 Å². The van der Waals surface area contributed by atoms with Gasteiger partial charge in [0, 0.05) is 30.0 Å². The zero-order valence-electron chi connectivity index (χ0n) is 7.16. The van der Waals surface area contributed by atoms with Crippen LogP contribution >= 0.6 is 15.9 Å². The highest BCUT2D eigenvalue weighted by Crippen LogP contribution is 2.11. The van der Waals surface area contributed by atoms with Gasteiger partial charge in [-0.2, -0.15) is 0 Å². The maximum atomic E-state index is 5.60. The Hall–Kier alpha value is -0.450. The number of hydrogen-bond donors (Lipinski definition) is 1. The molecule has 1 aliphatic rings. The van der Waals surface area contributed by atoms with Crippen molar-refractivity contribution in [3.05, 3.63) is 28.5 Å². The average molecular weight is 243 g/mol. The Morgan fingerprint density at radius 2 is 2.38 bits per heavy atom. The maximum Gasteiger partial charge on any atom is 0.0828 e. The number of aromatic nitrogens is 1. The molecular weight excluding hydrogens is 232 g/mol. The maximum absolute atomic E-state index is 5.60. The fourth-order valence-corrected chi connectivity index (χ4v) is 1.54. The zero-order valence-corrected chi connectivity index (χ0v) is 8.75. The molecule has 1 saturated heterocycles. The van der Waals surface area contributed by atoms with E-state index in [1.54, 1.807) is 6.20 Å². The van der Waals surface area contributed by atoms with E-state index >= 15 is 0 Å². The van der Waals surface area contributed by atoms with Crippen LogP contribution in [0, 0.1) is 0 Å². The van der Waals surface area contributed by atoms with Crippen LogP contribution in [0.1, 0.15) is 5.56 Å². The molecule has 0 radical (unpaired) electrons. The third-order valence-electron chi connectivity index (χ3n) is 1.99. The molecule has 2 heterocycles. The fourth-order valence-electron chi connectivity index (χ4n) is 1.13. The number of ether oxygens (including phenoxy) is 1. The second kappa shape index (κ2) is 4.17. The molecule has 0 saturated carbocycles. The summed E-state index contributed by atoms with van der Waals surface area (Å²) in [5, 5.41) is 3.16. The lowest BCUT2D eigenvalue weighted by molar-refractivity contribution is 0.00745. The van der Waals surface area contributed by atoms with Crippen LogP contribution in [0.15, 0.2) is 22.9 Å². The van der Waals surface area contributed by atoms with Crippen molar-refractivity contribution in [3.63, 3.8) is 0 Å². The Morgan fingerprint density at radius 3 is 3.00 bits per heavy atom. The van der Waals surface area contributed by atoms with E-state index in [1.807, 2.05) is 12.3 Å². The van der Waals surface area contributed by atoms with Crippen LogP contribution in [0.2, 0.25) is 0 Å². The van der Waals surface area contributed by atoms with Gasteiger partial charge in [0.05, 0.1) is 12.7 Å². The van der Waals surface area contributed by atoms with Crippen molar-refractivity contribution in [3.8, 4) is 0 Å². The van der Waals surface area contributed by atoms with Crippen molar-refractivity contribution in [2.75, 3.05) is 13.1 Å². The smallest absolute Gasteiger partial charge is 0.0828 e. The first-order chi connectivity index (χ1) is 6.34. The lowest BCUT2D eigenvalue weighted by Gasteiger charge is -2.27. The number of pyridine rings is 1. The van der Waals surface area contributed by atoms with Gasteiger partial charge in [0.25, 0.3) is 0 Å². The van der Waals surface area contributed by atoms with Crippen LogP contribution in [-0.4, -0.2) is 24.2 Å². The average Bonchev–Trinajstić information content (AvgIpc) is 2.01. The normalized spacial score (nSPS) is 17.0. The van der Waals surface area contributed by atoms with Crippen LogP contribution in [0.4, 0.5) is 0 Å². The zero-order chi connectivity index (χ0) is 9.10. The third-order valence-corrected chi connectivity index (χ3v) is 2.42. The molecule has 0 atom stereocenters. The summed E-state index contributed by atoms with van der Waals surface area (Å²) in [6.45, 7) is 2.60. The first-order valence-corrected chi connectivity index (χ1v) is 5.05. The molecule has 1 N–H and O–H groups in total. The molecule has 0 aliphatic carbocycles. The molecule has 1 fully saturated rings. The minimum absolute atomic E-state index is 0.388. The summed E-state index contributed by atoms with van der Waals surface area (Å²) in [5.74, 6) is 0. The van der Waals surface area contributed by atoms with Gasteiger partial charge in [-0.3, -0.25) is 4.98 Å². The first-order valence-electron chi connectivity index (χ1n) is 4.26. The van der Waals surface area contributed by atoms with E-state index in [2.05, 4.69) is 26.2 Å². The summed E-state index contributed by atoms with van der Waals surface area (Å²) < 4.78 is 6.60. The van der Waals surface area contributed by atoms with Crippen molar-refractivity contribution in [2.24, 2.45) is 0 Å². The van der Waals surface area contributed by atoms with E-state index in [9.17, 15) is 0 Å². The monoisotopic (exact) mass is 242 g/mol. The first kappa shape index (κ1) is 9.12. The molecule has 1 aliphatic heterocycles. The number of nitrogens with one attached hydrogen (secondary N) is 1. The highest BCUT2D eigenvalue weighted by Gasteiger charge is 2.16. The van der Waals surface area contributed by atoms with Gasteiger partial charge in [0.15, 0.2) is 0 Å². The molecule has 2 rings (SSSR count). The van der Waals surface area contributed by atoms with E-state index in [-0.39, 0.29) is 0 Å². The van der Waals surface area contributed by atoms with E-state index in [4.69, 9.17) is 4.74 Å². The predicted molar refractivity (Wildman–Crippen MR) is 53.4 cm³/mol. The number of hydrogen-bond acceptors (Lipinski definition) is 3. The lowest BCUT2D eigenvalue weighted by atomic mass is 10.2. The quantitative estimate of drug-likeness (QED) is 0.869. The molecular formula is C9H11BrN2O. The second-order valence-electron chi connectivity index (χ2n) is 3.10. The molecule has 13 heavy (non-hydrogen) atoms. The second-order valence-corrected chi connectivity index (χ2v) is 4.02. The molecule has 0 aromatic carbocycles. The van der Waals surface area contributed by atoms with Crippen molar-refractivity contribution in [2.45, 2.75) is 12.7 Å². The Balaban J connectivity index is 1.86.